The first-order valence-corrected chi connectivity index (χ1v) is 14.0. The summed E-state index contributed by atoms with van der Waals surface area (Å²) in [6.45, 7) is 3.39. The molecule has 2 aromatic rings. The van der Waals surface area contributed by atoms with Gasteiger partial charge in [-0.15, -0.1) is 24.8 Å². The number of benzene rings is 1. The van der Waals surface area contributed by atoms with E-state index in [1.54, 1.807) is 50.2 Å². The summed E-state index contributed by atoms with van der Waals surface area (Å²) in [6, 6.07) is 9.19. The Morgan fingerprint density at radius 3 is 2.18 bits per heavy atom. The zero-order valence-electron chi connectivity index (χ0n) is 22.1. The lowest BCUT2D eigenvalue weighted by Gasteiger charge is -2.33. The van der Waals surface area contributed by atoms with Gasteiger partial charge in [0.2, 0.25) is 21.8 Å². The minimum Gasteiger partial charge on any atom is -0.384 e. The third kappa shape index (κ3) is 10.4. The quantitative estimate of drug-likeness (QED) is 0.196. The number of rotatable bonds is 11. The highest BCUT2D eigenvalue weighted by atomic mass is 35.5. The summed E-state index contributed by atoms with van der Waals surface area (Å²) in [4.78, 5) is 30.3. The van der Waals surface area contributed by atoms with Gasteiger partial charge in [0.1, 0.15) is 17.4 Å². The van der Waals surface area contributed by atoms with Crippen molar-refractivity contribution in [2.75, 3.05) is 0 Å². The van der Waals surface area contributed by atoms with Crippen molar-refractivity contribution in [2.24, 2.45) is 11.7 Å². The molecule has 1 aliphatic carbocycles. The zero-order chi connectivity index (χ0) is 27.1. The first kappa shape index (κ1) is 34.3. The second kappa shape index (κ2) is 15.2. The highest BCUT2D eigenvalue weighted by molar-refractivity contribution is 7.88. The van der Waals surface area contributed by atoms with Gasteiger partial charge in [-0.2, -0.15) is 0 Å². The fourth-order valence-electron chi connectivity index (χ4n) is 4.41. The molecule has 1 fully saturated rings. The van der Waals surface area contributed by atoms with Gasteiger partial charge in [0.15, 0.2) is 0 Å². The maximum absolute atomic E-state index is 13.4. The first-order chi connectivity index (χ1) is 17.5. The van der Waals surface area contributed by atoms with E-state index in [4.69, 9.17) is 11.1 Å². The van der Waals surface area contributed by atoms with Crippen LogP contribution in [0.5, 0.6) is 0 Å². The van der Waals surface area contributed by atoms with Crippen LogP contribution in [0, 0.1) is 11.3 Å². The van der Waals surface area contributed by atoms with Crippen molar-refractivity contribution >= 4 is 52.5 Å². The standard InChI is InChI=1S/C26H36N6O4S.2ClH/c1-26(2,25(34)30-16-18-8-10-21(11-9-18)23(27)28)31-24(33)22(20-6-4-3-5-7-20)32-37(35,36)17-19-12-14-29-15-13-19;;/h8-15,20,22,32H,3-7,16-17H2,1-2H3,(H3,27,28)(H,30,34)(H,31,33);2*1H/t22-;;/m1../s1. The average molecular weight is 602 g/mol. The van der Waals surface area contributed by atoms with Crippen LogP contribution in [0.15, 0.2) is 48.8 Å². The van der Waals surface area contributed by atoms with Gasteiger partial charge in [0.25, 0.3) is 0 Å². The van der Waals surface area contributed by atoms with Crippen LogP contribution in [0.1, 0.15) is 62.6 Å². The fraction of sp³-hybridized carbons (Fsp3) is 0.462. The first-order valence-electron chi connectivity index (χ1n) is 12.4. The molecular formula is C26H38Cl2N6O4S. The number of nitrogens with two attached hydrogens (primary N) is 1. The van der Waals surface area contributed by atoms with Gasteiger partial charge < -0.3 is 16.4 Å². The van der Waals surface area contributed by atoms with Crippen molar-refractivity contribution in [2.45, 2.75) is 69.8 Å². The van der Waals surface area contributed by atoms with Gasteiger partial charge in [-0.05, 0) is 55.9 Å². The molecule has 1 heterocycles. The highest BCUT2D eigenvalue weighted by Crippen LogP contribution is 2.27. The van der Waals surface area contributed by atoms with Crippen LogP contribution in [0.2, 0.25) is 0 Å². The fourth-order valence-corrected chi connectivity index (χ4v) is 5.81. The summed E-state index contributed by atoms with van der Waals surface area (Å²) in [7, 11) is -3.82. The van der Waals surface area contributed by atoms with Crippen LogP contribution in [0.4, 0.5) is 0 Å². The third-order valence-corrected chi connectivity index (χ3v) is 7.86. The Hall–Kier alpha value is -2.73. The van der Waals surface area contributed by atoms with E-state index in [-0.39, 0.29) is 48.9 Å². The van der Waals surface area contributed by atoms with Crippen LogP contribution in [0.3, 0.4) is 0 Å². The second-order valence-electron chi connectivity index (χ2n) is 10.0. The van der Waals surface area contributed by atoms with Crippen molar-refractivity contribution in [3.8, 4) is 0 Å². The largest absolute Gasteiger partial charge is 0.384 e. The minimum absolute atomic E-state index is 0. The molecule has 2 amide bonds. The number of carbonyl (C=O) groups is 2. The molecule has 10 nitrogen and oxygen atoms in total. The smallest absolute Gasteiger partial charge is 0.245 e. The molecule has 0 bridgehead atoms. The number of sulfonamides is 1. The van der Waals surface area contributed by atoms with Crippen LogP contribution < -0.4 is 21.1 Å². The normalized spacial score (nSPS) is 14.7. The molecule has 0 radical (unpaired) electrons. The lowest BCUT2D eigenvalue weighted by Crippen LogP contribution is -2.60. The molecule has 1 aliphatic rings. The molecule has 0 saturated heterocycles. The van der Waals surface area contributed by atoms with E-state index in [1.165, 1.54) is 12.4 Å². The van der Waals surface area contributed by atoms with Crippen molar-refractivity contribution in [1.82, 2.24) is 20.3 Å². The van der Waals surface area contributed by atoms with E-state index >= 15 is 0 Å². The summed E-state index contributed by atoms with van der Waals surface area (Å²) in [6.07, 6.45) is 7.41. The molecule has 1 aromatic carbocycles. The van der Waals surface area contributed by atoms with E-state index in [9.17, 15) is 18.0 Å². The average Bonchev–Trinajstić information content (AvgIpc) is 2.86. The van der Waals surface area contributed by atoms with Crippen LogP contribution >= 0.6 is 24.8 Å². The summed E-state index contributed by atoms with van der Waals surface area (Å²) < 4.78 is 28.6. The van der Waals surface area contributed by atoms with Gasteiger partial charge in [0, 0.05) is 24.5 Å². The van der Waals surface area contributed by atoms with Gasteiger partial charge in [-0.25, -0.2) is 13.1 Å². The van der Waals surface area contributed by atoms with E-state index in [1.807, 2.05) is 0 Å². The molecule has 6 N–H and O–H groups in total. The number of amidine groups is 1. The van der Waals surface area contributed by atoms with Crippen LogP contribution in [0.25, 0.3) is 0 Å². The van der Waals surface area contributed by atoms with E-state index in [0.717, 1.165) is 37.7 Å². The maximum atomic E-state index is 13.4. The number of hydrogen-bond donors (Lipinski definition) is 5. The number of pyridine rings is 1. The zero-order valence-corrected chi connectivity index (χ0v) is 24.6. The van der Waals surface area contributed by atoms with Crippen molar-refractivity contribution in [1.29, 1.82) is 5.41 Å². The highest BCUT2D eigenvalue weighted by Gasteiger charge is 2.37. The lowest BCUT2D eigenvalue weighted by atomic mass is 9.83. The predicted octanol–water partition coefficient (Wildman–Crippen LogP) is 2.79. The third-order valence-electron chi connectivity index (χ3n) is 6.54. The molecular weight excluding hydrogens is 563 g/mol. The van der Waals surface area contributed by atoms with Crippen molar-refractivity contribution < 1.29 is 18.0 Å². The molecule has 216 valence electrons. The maximum Gasteiger partial charge on any atom is 0.245 e. The number of amides is 2. The topological polar surface area (TPSA) is 167 Å². The van der Waals surface area contributed by atoms with Crippen LogP contribution in [-0.2, 0) is 31.9 Å². The molecule has 1 aromatic heterocycles. The van der Waals surface area contributed by atoms with Crippen LogP contribution in [-0.4, -0.2) is 42.6 Å². The van der Waals surface area contributed by atoms with E-state index in [0.29, 0.717) is 11.1 Å². The number of carbonyl (C=O) groups excluding carboxylic acids is 2. The number of aromatic nitrogens is 1. The van der Waals surface area contributed by atoms with Gasteiger partial charge in [-0.3, -0.25) is 20.0 Å². The predicted molar refractivity (Wildman–Crippen MR) is 156 cm³/mol. The Labute approximate surface area is 242 Å². The molecule has 13 heteroatoms. The summed E-state index contributed by atoms with van der Waals surface area (Å²) in [5, 5.41) is 13.0. The van der Waals surface area contributed by atoms with Gasteiger partial charge in [0.05, 0.1) is 5.75 Å². The minimum atomic E-state index is -3.82. The van der Waals surface area contributed by atoms with Gasteiger partial charge in [-0.1, -0.05) is 43.5 Å². The molecule has 3 rings (SSSR count). The number of nitrogens with zero attached hydrogens (tertiary/aromatic N) is 1. The molecule has 0 aliphatic heterocycles. The molecule has 1 saturated carbocycles. The summed E-state index contributed by atoms with van der Waals surface area (Å²) in [5.41, 5.74) is 6.16. The molecule has 0 spiro atoms. The lowest BCUT2D eigenvalue weighted by molar-refractivity contribution is -0.133. The Bertz CT molecular complexity index is 1200. The van der Waals surface area contributed by atoms with Gasteiger partial charge >= 0.3 is 0 Å². The Balaban J connectivity index is 0.00000380. The Kier molecular flexibility index (Phi) is 13.3. The number of halogens is 2. The van der Waals surface area contributed by atoms with E-state index in [2.05, 4.69) is 20.3 Å². The number of hydrogen-bond acceptors (Lipinski definition) is 6. The number of nitrogens with one attached hydrogen (secondary N) is 4. The summed E-state index contributed by atoms with van der Waals surface area (Å²) >= 11 is 0. The number of nitrogen functional groups attached to an aromatic ring is 1. The van der Waals surface area contributed by atoms with Crippen molar-refractivity contribution in [3.63, 3.8) is 0 Å². The Morgan fingerprint density at radius 2 is 1.62 bits per heavy atom. The summed E-state index contributed by atoms with van der Waals surface area (Å²) in [5.74, 6) is -1.38. The Morgan fingerprint density at radius 1 is 1.03 bits per heavy atom. The van der Waals surface area contributed by atoms with E-state index < -0.39 is 33.4 Å². The molecule has 39 heavy (non-hydrogen) atoms. The molecule has 1 atom stereocenters. The monoisotopic (exact) mass is 600 g/mol. The second-order valence-corrected chi connectivity index (χ2v) is 11.8. The van der Waals surface area contributed by atoms with Crippen molar-refractivity contribution in [3.05, 3.63) is 65.5 Å². The molecule has 0 unspecified atom stereocenters. The SMILES string of the molecule is CC(C)(NC(=O)[C@H](NS(=O)(=O)Cc1ccncc1)C1CCCCC1)C(=O)NCc1ccc(C(=N)N)cc1.Cl.Cl.